The molecule has 0 fully saturated rings. The highest BCUT2D eigenvalue weighted by Crippen LogP contribution is 2.41. The Morgan fingerprint density at radius 1 is 0.946 bits per heavy atom. The molecule has 0 spiro atoms. The highest BCUT2D eigenvalue weighted by Gasteiger charge is 2.43. The van der Waals surface area contributed by atoms with Crippen LogP contribution in [0.2, 0.25) is 0 Å². The van der Waals surface area contributed by atoms with Crippen molar-refractivity contribution in [2.24, 2.45) is 0 Å². The van der Waals surface area contributed by atoms with Crippen molar-refractivity contribution in [3.05, 3.63) is 105 Å². The van der Waals surface area contributed by atoms with E-state index in [-0.39, 0.29) is 17.1 Å². The molecule has 1 amide bonds. The molecule has 4 aromatic rings. The van der Waals surface area contributed by atoms with Gasteiger partial charge in [0, 0.05) is 6.54 Å². The molecule has 0 aliphatic carbocycles. The van der Waals surface area contributed by atoms with Gasteiger partial charge in [0.15, 0.2) is 16.9 Å². The third-order valence-corrected chi connectivity index (χ3v) is 6.86. The van der Waals surface area contributed by atoms with Crippen molar-refractivity contribution in [1.82, 2.24) is 4.90 Å². The number of amides is 1. The lowest BCUT2D eigenvalue weighted by Gasteiger charge is -2.26. The second kappa shape index (κ2) is 10.5. The van der Waals surface area contributed by atoms with Gasteiger partial charge in [0.1, 0.15) is 5.58 Å². The first kappa shape index (κ1) is 24.6. The van der Waals surface area contributed by atoms with Gasteiger partial charge >= 0.3 is 0 Å². The van der Waals surface area contributed by atoms with E-state index in [1.807, 2.05) is 49.4 Å². The van der Waals surface area contributed by atoms with Crippen molar-refractivity contribution in [1.29, 1.82) is 0 Å². The average molecular weight is 498 g/mol. The number of carbonyl (C=O) groups is 1. The molecule has 0 radical (unpaired) electrons. The predicted molar refractivity (Wildman–Crippen MR) is 143 cm³/mol. The molecule has 0 saturated carbocycles. The Morgan fingerprint density at radius 3 is 2.49 bits per heavy atom. The minimum Gasteiger partial charge on any atom is -0.493 e. The fourth-order valence-electron chi connectivity index (χ4n) is 4.87. The van der Waals surface area contributed by atoms with E-state index < -0.39 is 6.04 Å². The lowest BCUT2D eigenvalue weighted by atomic mass is 9.97. The number of methoxy groups -OCH3 is 1. The number of rotatable bonds is 9. The molecular weight excluding hydrogens is 466 g/mol. The van der Waals surface area contributed by atoms with Gasteiger partial charge in [0.25, 0.3) is 5.91 Å². The molecule has 1 atom stereocenters. The molecule has 1 aromatic heterocycles. The monoisotopic (exact) mass is 497 g/mol. The van der Waals surface area contributed by atoms with Gasteiger partial charge in [-0.05, 0) is 48.7 Å². The molecular formula is C31H31NO5. The quantitative estimate of drug-likeness (QED) is 0.250. The lowest BCUT2D eigenvalue weighted by Crippen LogP contribution is -2.29. The Bertz CT molecular complexity index is 1490. The molecule has 37 heavy (non-hydrogen) atoms. The minimum absolute atomic E-state index is 0.0969. The van der Waals surface area contributed by atoms with E-state index >= 15 is 0 Å². The second-order valence-corrected chi connectivity index (χ2v) is 9.46. The number of hydrogen-bond donors (Lipinski definition) is 0. The van der Waals surface area contributed by atoms with E-state index in [1.54, 1.807) is 36.3 Å². The number of ether oxygens (including phenoxy) is 2. The molecule has 0 saturated heterocycles. The van der Waals surface area contributed by atoms with Crippen LogP contribution >= 0.6 is 0 Å². The van der Waals surface area contributed by atoms with Crippen molar-refractivity contribution in [3.63, 3.8) is 0 Å². The first-order chi connectivity index (χ1) is 18.0. The van der Waals surface area contributed by atoms with Gasteiger partial charge in [-0.15, -0.1) is 0 Å². The number of unbranched alkanes of at least 4 members (excludes halogenated alkanes) is 2. The zero-order valence-electron chi connectivity index (χ0n) is 21.5. The first-order valence-corrected chi connectivity index (χ1v) is 12.7. The standard InChI is InChI=1S/C31H31NO5/c1-4-5-8-17-36-25-16-15-22(18-26(25)35-3)28-27-29(33)23-9-6-7-10-24(23)37-30(27)31(34)32(28)19-21-13-11-20(2)12-14-21/h6-7,9-16,18,28H,4-5,8,17,19H2,1-3H3. The largest absolute Gasteiger partial charge is 0.493 e. The predicted octanol–water partition coefficient (Wildman–Crippen LogP) is 6.42. The zero-order chi connectivity index (χ0) is 25.9. The third-order valence-electron chi connectivity index (χ3n) is 6.86. The van der Waals surface area contributed by atoms with Crippen LogP contribution in [0.4, 0.5) is 0 Å². The zero-order valence-corrected chi connectivity index (χ0v) is 21.5. The number of para-hydroxylation sites is 1. The number of aryl methyl sites for hydroxylation is 1. The molecule has 1 aliphatic heterocycles. The van der Waals surface area contributed by atoms with Gasteiger partial charge < -0.3 is 18.8 Å². The lowest BCUT2D eigenvalue weighted by molar-refractivity contribution is 0.0714. The van der Waals surface area contributed by atoms with E-state index in [0.717, 1.165) is 36.0 Å². The highest BCUT2D eigenvalue weighted by atomic mass is 16.5. The van der Waals surface area contributed by atoms with Crippen LogP contribution in [0.3, 0.4) is 0 Å². The summed E-state index contributed by atoms with van der Waals surface area (Å²) in [5.41, 5.74) is 3.44. The summed E-state index contributed by atoms with van der Waals surface area (Å²) in [6.45, 7) is 5.11. The molecule has 2 heterocycles. The van der Waals surface area contributed by atoms with Crippen LogP contribution in [0.25, 0.3) is 11.0 Å². The topological polar surface area (TPSA) is 69.0 Å². The van der Waals surface area contributed by atoms with Gasteiger partial charge in [-0.2, -0.15) is 0 Å². The van der Waals surface area contributed by atoms with Crippen LogP contribution in [0, 0.1) is 6.92 Å². The first-order valence-electron chi connectivity index (χ1n) is 12.7. The van der Waals surface area contributed by atoms with Gasteiger partial charge in [0.05, 0.1) is 30.7 Å². The van der Waals surface area contributed by atoms with Gasteiger partial charge in [0.2, 0.25) is 5.76 Å². The fourth-order valence-corrected chi connectivity index (χ4v) is 4.87. The maximum atomic E-state index is 13.7. The summed E-state index contributed by atoms with van der Waals surface area (Å²) in [5.74, 6) is 1.000. The number of benzene rings is 3. The van der Waals surface area contributed by atoms with Crippen molar-refractivity contribution in [3.8, 4) is 11.5 Å². The molecule has 190 valence electrons. The SMILES string of the molecule is CCCCCOc1ccc(C2c3c(oc4ccccc4c3=O)C(=O)N2Cc2ccc(C)cc2)cc1OC. The van der Waals surface area contributed by atoms with Crippen molar-refractivity contribution in [2.75, 3.05) is 13.7 Å². The second-order valence-electron chi connectivity index (χ2n) is 9.46. The molecule has 3 aromatic carbocycles. The Hall–Kier alpha value is -4.06. The Labute approximate surface area is 216 Å². The highest BCUT2D eigenvalue weighted by molar-refractivity contribution is 5.99. The fraction of sp³-hybridized carbons (Fsp3) is 0.290. The molecule has 0 N–H and O–H groups in total. The summed E-state index contributed by atoms with van der Waals surface area (Å²) in [4.78, 5) is 29.1. The van der Waals surface area contributed by atoms with Crippen molar-refractivity contribution < 1.29 is 18.7 Å². The average Bonchev–Trinajstić information content (AvgIpc) is 3.19. The maximum absolute atomic E-state index is 13.7. The number of fused-ring (bicyclic) bond motifs is 2. The smallest absolute Gasteiger partial charge is 0.291 e. The Morgan fingerprint density at radius 2 is 1.73 bits per heavy atom. The van der Waals surface area contributed by atoms with Crippen LogP contribution in [0.15, 0.2) is 75.9 Å². The van der Waals surface area contributed by atoms with E-state index in [9.17, 15) is 9.59 Å². The van der Waals surface area contributed by atoms with Gasteiger partial charge in [-0.3, -0.25) is 9.59 Å². The summed E-state index contributed by atoms with van der Waals surface area (Å²) >= 11 is 0. The summed E-state index contributed by atoms with van der Waals surface area (Å²) in [5, 5.41) is 0.457. The minimum atomic E-state index is -0.618. The van der Waals surface area contributed by atoms with Crippen LogP contribution in [0.5, 0.6) is 11.5 Å². The summed E-state index contributed by atoms with van der Waals surface area (Å²) < 4.78 is 17.7. The molecule has 6 nitrogen and oxygen atoms in total. The van der Waals surface area contributed by atoms with E-state index in [2.05, 4.69) is 6.92 Å². The molecule has 0 bridgehead atoms. The number of nitrogens with zero attached hydrogens (tertiary/aromatic N) is 1. The van der Waals surface area contributed by atoms with Crippen LogP contribution in [-0.4, -0.2) is 24.5 Å². The summed E-state index contributed by atoms with van der Waals surface area (Å²) in [7, 11) is 1.59. The van der Waals surface area contributed by atoms with Crippen molar-refractivity contribution >= 4 is 16.9 Å². The van der Waals surface area contributed by atoms with E-state index in [0.29, 0.717) is 41.2 Å². The number of carbonyl (C=O) groups excluding carboxylic acids is 1. The molecule has 5 rings (SSSR count). The Kier molecular flexibility index (Phi) is 6.99. The van der Waals surface area contributed by atoms with Gasteiger partial charge in [-0.25, -0.2) is 0 Å². The summed E-state index contributed by atoms with van der Waals surface area (Å²) in [6, 6.07) is 20.1. The molecule has 1 aliphatic rings. The number of hydrogen-bond acceptors (Lipinski definition) is 5. The van der Waals surface area contributed by atoms with Gasteiger partial charge in [-0.1, -0.05) is 67.8 Å². The van der Waals surface area contributed by atoms with E-state index in [4.69, 9.17) is 13.9 Å². The van der Waals surface area contributed by atoms with Crippen molar-refractivity contribution in [2.45, 2.75) is 45.7 Å². The third kappa shape index (κ3) is 4.71. The summed E-state index contributed by atoms with van der Waals surface area (Å²) in [6.07, 6.45) is 3.17. The normalized spacial score (nSPS) is 14.7. The van der Waals surface area contributed by atoms with Crippen LogP contribution in [0.1, 0.15) is 65.0 Å². The van der Waals surface area contributed by atoms with E-state index in [1.165, 1.54) is 0 Å². The maximum Gasteiger partial charge on any atom is 0.291 e. The van der Waals surface area contributed by atoms with Crippen LogP contribution < -0.4 is 14.9 Å². The molecule has 1 unspecified atom stereocenters. The molecule has 6 heteroatoms. The Balaban J connectivity index is 1.60. The van der Waals surface area contributed by atoms with Crippen LogP contribution in [-0.2, 0) is 6.54 Å².